The standard InChI is InChI=1S/C40H56N10O5/c1-28(23-49-27-43-26-47-49)55-37-18-29(6-7-30(37)19-41)31-20-45-39(46-21-31)48-36(38(42-4)53-16-5-17-54-40(2,3)14-15-51)22-44-32-8-10-33(11-9-32)50-34-12-13-35(50)25-52-24-34/h6-7,18,20-22,26-28,32-35,42,51H,5,8-17,23-25H2,1-4H3,(H,45,46,48)/b38-36-,44-22?/t28-,32?,33?,34-,35+/m0/s1. The molecule has 3 N–H and O–H groups in total. The van der Waals surface area contributed by atoms with Gasteiger partial charge in [-0.25, -0.2) is 19.6 Å². The van der Waals surface area contributed by atoms with E-state index in [0.29, 0.717) is 79.6 Å². The Morgan fingerprint density at radius 2 is 1.84 bits per heavy atom. The number of nitrogens with one attached hydrogen (secondary N) is 2. The predicted octanol–water partition coefficient (Wildman–Crippen LogP) is 4.70. The van der Waals surface area contributed by atoms with E-state index in [4.69, 9.17) is 23.9 Å². The molecule has 0 spiro atoms. The lowest BCUT2D eigenvalue weighted by Gasteiger charge is -2.43. The molecule has 3 fully saturated rings. The number of aliphatic hydroxyl groups is 1. The van der Waals surface area contributed by atoms with Crippen LogP contribution in [0.3, 0.4) is 0 Å². The van der Waals surface area contributed by atoms with Crippen molar-refractivity contribution in [2.24, 2.45) is 4.99 Å². The Morgan fingerprint density at radius 3 is 2.51 bits per heavy atom. The van der Waals surface area contributed by atoms with Gasteiger partial charge in [-0.05, 0) is 83.4 Å². The second-order valence-corrected chi connectivity index (χ2v) is 15.2. The van der Waals surface area contributed by atoms with E-state index in [1.165, 1.54) is 19.2 Å². The lowest BCUT2D eigenvalue weighted by molar-refractivity contribution is -0.0439. The maximum atomic E-state index is 9.74. The van der Waals surface area contributed by atoms with Crippen LogP contribution in [0.4, 0.5) is 5.95 Å². The van der Waals surface area contributed by atoms with Gasteiger partial charge in [-0.2, -0.15) is 10.4 Å². The highest BCUT2D eigenvalue weighted by Crippen LogP contribution is 2.36. The highest BCUT2D eigenvalue weighted by atomic mass is 16.5. The number of fused-ring (bicyclic) bond motifs is 2. The normalized spacial score (nSPS) is 22.5. The van der Waals surface area contributed by atoms with E-state index >= 15 is 0 Å². The summed E-state index contributed by atoms with van der Waals surface area (Å²) >= 11 is 0. The largest absolute Gasteiger partial charge is 0.487 e. The van der Waals surface area contributed by atoms with Gasteiger partial charge in [0, 0.05) is 56.2 Å². The van der Waals surface area contributed by atoms with Crippen molar-refractivity contribution >= 4 is 12.2 Å². The summed E-state index contributed by atoms with van der Waals surface area (Å²) in [6.45, 7) is 9.09. The molecule has 0 amide bonds. The number of aliphatic hydroxyl groups excluding tert-OH is 1. The molecule has 3 aromatic rings. The summed E-state index contributed by atoms with van der Waals surface area (Å²) in [6.07, 6.45) is 16.2. The third-order valence-electron chi connectivity index (χ3n) is 10.6. The van der Waals surface area contributed by atoms with Gasteiger partial charge in [0.15, 0.2) is 0 Å². The molecule has 4 heterocycles. The first-order chi connectivity index (χ1) is 26.7. The fourth-order valence-electron chi connectivity index (χ4n) is 7.70. The topological polar surface area (TPSA) is 177 Å². The molecule has 2 saturated heterocycles. The lowest BCUT2D eigenvalue weighted by Crippen LogP contribution is -2.52. The number of nitriles is 1. The molecule has 3 atom stereocenters. The van der Waals surface area contributed by atoms with E-state index in [2.05, 4.69) is 41.7 Å². The van der Waals surface area contributed by atoms with Crippen LogP contribution in [-0.2, 0) is 20.8 Å². The number of hydrogen-bond donors (Lipinski definition) is 3. The Hall–Kier alpha value is -4.62. The van der Waals surface area contributed by atoms with Gasteiger partial charge in [0.05, 0.1) is 56.4 Å². The molecular formula is C40H56N10O5. The summed E-state index contributed by atoms with van der Waals surface area (Å²) in [5, 5.41) is 29.7. The monoisotopic (exact) mass is 756 g/mol. The van der Waals surface area contributed by atoms with Crippen molar-refractivity contribution in [3.63, 3.8) is 0 Å². The fraction of sp³-hybridized carbons (Fsp3) is 0.600. The van der Waals surface area contributed by atoms with E-state index in [9.17, 15) is 10.4 Å². The molecule has 1 saturated carbocycles. The maximum Gasteiger partial charge on any atom is 0.227 e. The Balaban J connectivity index is 1.13. The number of ether oxygens (including phenoxy) is 4. The number of benzene rings is 1. The Labute approximate surface area is 324 Å². The molecule has 296 valence electrons. The van der Waals surface area contributed by atoms with E-state index in [-0.39, 0.29) is 18.8 Å². The smallest absolute Gasteiger partial charge is 0.227 e. The molecule has 2 bridgehead atoms. The first-order valence-electron chi connectivity index (χ1n) is 19.6. The van der Waals surface area contributed by atoms with Crippen LogP contribution in [0.5, 0.6) is 5.75 Å². The highest BCUT2D eigenvalue weighted by Gasteiger charge is 2.42. The summed E-state index contributed by atoms with van der Waals surface area (Å²) < 4.78 is 25.9. The van der Waals surface area contributed by atoms with Gasteiger partial charge in [0.2, 0.25) is 11.8 Å². The van der Waals surface area contributed by atoms with Gasteiger partial charge >= 0.3 is 0 Å². The first kappa shape index (κ1) is 40.1. The minimum atomic E-state index is -0.400. The number of morpholine rings is 1. The van der Waals surface area contributed by atoms with Crippen LogP contribution >= 0.6 is 0 Å². The molecule has 15 nitrogen and oxygen atoms in total. The van der Waals surface area contributed by atoms with Crippen molar-refractivity contribution in [3.8, 4) is 22.9 Å². The van der Waals surface area contributed by atoms with Crippen LogP contribution in [0, 0.1) is 11.3 Å². The number of anilines is 1. The highest BCUT2D eigenvalue weighted by molar-refractivity contribution is 5.83. The van der Waals surface area contributed by atoms with E-state index in [1.54, 1.807) is 29.5 Å². The van der Waals surface area contributed by atoms with Crippen LogP contribution < -0.4 is 15.4 Å². The van der Waals surface area contributed by atoms with E-state index in [1.807, 2.05) is 46.2 Å². The van der Waals surface area contributed by atoms with Crippen LogP contribution in [0.25, 0.3) is 11.1 Å². The number of aromatic nitrogens is 5. The Bertz CT molecular complexity index is 1740. The number of aliphatic imine (C=N–C) groups is 1. The van der Waals surface area contributed by atoms with E-state index < -0.39 is 5.60 Å². The molecule has 3 aliphatic rings. The van der Waals surface area contributed by atoms with E-state index in [0.717, 1.165) is 50.0 Å². The third kappa shape index (κ3) is 11.0. The van der Waals surface area contributed by atoms with Crippen molar-refractivity contribution in [3.05, 3.63) is 60.4 Å². The van der Waals surface area contributed by atoms with Crippen molar-refractivity contribution in [2.45, 2.75) is 115 Å². The van der Waals surface area contributed by atoms with Crippen LogP contribution in [0.2, 0.25) is 0 Å². The quantitative estimate of drug-likeness (QED) is 0.0872. The zero-order valence-electron chi connectivity index (χ0n) is 32.6. The van der Waals surface area contributed by atoms with Crippen molar-refractivity contribution in [1.29, 1.82) is 5.26 Å². The number of rotatable bonds is 19. The second kappa shape index (κ2) is 19.3. The molecule has 1 aliphatic carbocycles. The van der Waals surface area contributed by atoms with Gasteiger partial charge in [-0.15, -0.1) is 0 Å². The van der Waals surface area contributed by atoms with Crippen LogP contribution in [0.15, 0.2) is 59.8 Å². The van der Waals surface area contributed by atoms with Gasteiger partial charge < -0.3 is 34.7 Å². The average molecular weight is 757 g/mol. The molecule has 15 heteroatoms. The van der Waals surface area contributed by atoms with Crippen molar-refractivity contribution in [1.82, 2.24) is 34.9 Å². The Morgan fingerprint density at radius 1 is 1.09 bits per heavy atom. The molecule has 2 aliphatic heterocycles. The first-order valence-corrected chi connectivity index (χ1v) is 19.6. The molecule has 0 unspecified atom stereocenters. The molecule has 6 rings (SSSR count). The molecule has 1 aromatic carbocycles. The minimum Gasteiger partial charge on any atom is -0.487 e. The number of nitrogens with zero attached hydrogens (tertiary/aromatic N) is 8. The summed E-state index contributed by atoms with van der Waals surface area (Å²) in [7, 11) is 1.81. The number of allylic oxidation sites excluding steroid dienone is 1. The van der Waals surface area contributed by atoms with Crippen LogP contribution in [0.1, 0.15) is 77.7 Å². The van der Waals surface area contributed by atoms with Gasteiger partial charge in [0.25, 0.3) is 0 Å². The van der Waals surface area contributed by atoms with Gasteiger partial charge in [-0.1, -0.05) is 6.07 Å². The minimum absolute atomic E-state index is 0.0807. The van der Waals surface area contributed by atoms with Crippen molar-refractivity contribution < 1.29 is 24.1 Å². The zero-order chi connectivity index (χ0) is 38.6. The lowest BCUT2D eigenvalue weighted by atomic mass is 9.89. The molecule has 2 aromatic heterocycles. The SMILES string of the molecule is CN/C(OCCCOC(C)(C)CCO)=C(\C=NC1CCC(N2[C@@H]3CC[C@H]2COC3)CC1)Nc1ncc(-c2ccc(C#N)c(O[C@@H](C)Cn3cncn3)c2)cn1. The second-order valence-electron chi connectivity index (χ2n) is 15.2. The summed E-state index contributed by atoms with van der Waals surface area (Å²) in [5.74, 6) is 1.38. The average Bonchev–Trinajstić information content (AvgIpc) is 3.79. The fourth-order valence-corrected chi connectivity index (χ4v) is 7.70. The summed E-state index contributed by atoms with van der Waals surface area (Å²) in [5.41, 5.74) is 2.24. The predicted molar refractivity (Wildman–Crippen MR) is 208 cm³/mol. The Kier molecular flexibility index (Phi) is 14.1. The zero-order valence-corrected chi connectivity index (χ0v) is 32.6. The maximum absolute atomic E-state index is 9.74. The summed E-state index contributed by atoms with van der Waals surface area (Å²) in [6, 6.07) is 9.61. The molecule has 55 heavy (non-hydrogen) atoms. The molecular weight excluding hydrogens is 701 g/mol. The van der Waals surface area contributed by atoms with Crippen LogP contribution in [-0.4, -0.2) is 117 Å². The van der Waals surface area contributed by atoms with Gasteiger partial charge in [0.1, 0.15) is 36.3 Å². The number of hydrogen-bond acceptors (Lipinski definition) is 14. The third-order valence-corrected chi connectivity index (χ3v) is 10.6. The summed E-state index contributed by atoms with van der Waals surface area (Å²) in [4.78, 5) is 21.1. The van der Waals surface area contributed by atoms with Crippen molar-refractivity contribution in [2.75, 3.05) is 45.4 Å². The molecule has 0 radical (unpaired) electrons. The van der Waals surface area contributed by atoms with Gasteiger partial charge in [-0.3, -0.25) is 9.89 Å².